The number of ether oxygens (including phenoxy) is 1. The van der Waals surface area contributed by atoms with Crippen LogP contribution < -0.4 is 5.32 Å². The fraction of sp³-hybridized carbons (Fsp3) is 0.938. The first-order chi connectivity index (χ1) is 9.81. The zero-order valence-corrected chi connectivity index (χ0v) is 14.2. The number of nitrogens with one attached hydrogen (secondary N) is 1. The molecule has 0 aromatic heterocycles. The van der Waals surface area contributed by atoms with Crippen LogP contribution in [0.15, 0.2) is 0 Å². The van der Waals surface area contributed by atoms with E-state index in [-0.39, 0.29) is 12.0 Å². The summed E-state index contributed by atoms with van der Waals surface area (Å²) in [5, 5.41) is 13.2. The number of carbonyl (C=O) groups is 1. The van der Waals surface area contributed by atoms with Gasteiger partial charge in [-0.05, 0) is 38.5 Å². The molecule has 0 aliphatic heterocycles. The highest BCUT2D eigenvalue weighted by molar-refractivity contribution is 5.80. The lowest BCUT2D eigenvalue weighted by molar-refractivity contribution is -0.147. The summed E-state index contributed by atoms with van der Waals surface area (Å²) in [6, 6.07) is 0.157. The van der Waals surface area contributed by atoms with Gasteiger partial charge in [-0.1, -0.05) is 13.8 Å². The lowest BCUT2D eigenvalue weighted by Gasteiger charge is -2.38. The number of hydrogen-bond acceptors (Lipinski definition) is 4. The van der Waals surface area contributed by atoms with Crippen molar-refractivity contribution in [3.63, 3.8) is 0 Å². The Labute approximate surface area is 129 Å². The molecular weight excluding hydrogens is 268 g/mol. The third kappa shape index (κ3) is 5.57. The molecule has 2 N–H and O–H groups in total. The van der Waals surface area contributed by atoms with E-state index in [1.807, 2.05) is 13.8 Å². The van der Waals surface area contributed by atoms with Gasteiger partial charge >= 0.3 is 5.97 Å². The highest BCUT2D eigenvalue weighted by atomic mass is 16.5. The van der Waals surface area contributed by atoms with Gasteiger partial charge in [0.2, 0.25) is 0 Å². The number of hydrogen-bond donors (Lipinski definition) is 2. The van der Waals surface area contributed by atoms with E-state index in [9.17, 15) is 9.90 Å². The molecule has 0 aromatic rings. The Kier molecular flexibility index (Phi) is 7.10. The molecule has 21 heavy (non-hydrogen) atoms. The third-order valence-electron chi connectivity index (χ3n) is 3.91. The van der Waals surface area contributed by atoms with E-state index in [4.69, 9.17) is 4.74 Å². The summed E-state index contributed by atoms with van der Waals surface area (Å²) in [4.78, 5) is 14.2. The summed E-state index contributed by atoms with van der Waals surface area (Å²) in [7, 11) is 1.69. The maximum absolute atomic E-state index is 12.0. The van der Waals surface area contributed by atoms with Gasteiger partial charge < -0.3 is 9.84 Å². The molecule has 0 bridgehead atoms. The zero-order chi connectivity index (χ0) is 16.0. The summed E-state index contributed by atoms with van der Waals surface area (Å²) in [6.45, 7) is 11.2. The third-order valence-corrected chi connectivity index (χ3v) is 3.91. The molecule has 0 saturated heterocycles. The van der Waals surface area contributed by atoms with Crippen molar-refractivity contribution in [3.8, 4) is 0 Å². The van der Waals surface area contributed by atoms with Gasteiger partial charge in [0.05, 0.1) is 6.61 Å². The molecule has 1 aliphatic carbocycles. The molecule has 0 aromatic carbocycles. The maximum atomic E-state index is 12.0. The minimum Gasteiger partial charge on any atom is -0.480 e. The summed E-state index contributed by atoms with van der Waals surface area (Å²) in [6.07, 6.45) is 2.01. The van der Waals surface area contributed by atoms with Crippen LogP contribution in [0.3, 0.4) is 0 Å². The van der Waals surface area contributed by atoms with E-state index in [1.165, 1.54) is 0 Å². The van der Waals surface area contributed by atoms with Crippen LogP contribution in [-0.2, 0) is 9.53 Å². The highest BCUT2D eigenvalue weighted by Gasteiger charge is 2.52. The van der Waals surface area contributed by atoms with Gasteiger partial charge in [0.1, 0.15) is 5.54 Å². The van der Waals surface area contributed by atoms with E-state index in [0.717, 1.165) is 25.9 Å². The van der Waals surface area contributed by atoms with Gasteiger partial charge in [-0.2, -0.15) is 0 Å². The standard InChI is InChI=1S/C16H32N2O3/c1-12(2)10-18(8-9-21-5)11-16(15(19)20,14-6-7-14)17-13(3)4/h12-14,17H,6-11H2,1-5H3,(H,19,20). The van der Waals surface area contributed by atoms with Crippen LogP contribution in [0.25, 0.3) is 0 Å². The van der Waals surface area contributed by atoms with Crippen LogP contribution in [0.2, 0.25) is 0 Å². The summed E-state index contributed by atoms with van der Waals surface area (Å²) in [5.41, 5.74) is -0.823. The minimum atomic E-state index is -0.823. The predicted octanol–water partition coefficient (Wildman–Crippen LogP) is 1.82. The van der Waals surface area contributed by atoms with E-state index < -0.39 is 11.5 Å². The molecule has 5 heteroatoms. The van der Waals surface area contributed by atoms with Gasteiger partial charge in [0.15, 0.2) is 0 Å². The number of carboxylic acids is 1. The average molecular weight is 300 g/mol. The van der Waals surface area contributed by atoms with E-state index in [2.05, 4.69) is 24.1 Å². The Morgan fingerprint density at radius 2 is 2.00 bits per heavy atom. The van der Waals surface area contributed by atoms with E-state index in [0.29, 0.717) is 19.1 Å². The molecule has 0 heterocycles. The summed E-state index contributed by atoms with van der Waals surface area (Å²) in [5.74, 6) is 0.0334. The fourth-order valence-corrected chi connectivity index (χ4v) is 3.01. The second kappa shape index (κ2) is 8.11. The molecule has 1 rings (SSSR count). The van der Waals surface area contributed by atoms with Gasteiger partial charge in [-0.25, -0.2) is 0 Å². The van der Waals surface area contributed by atoms with Crippen molar-refractivity contribution in [2.24, 2.45) is 11.8 Å². The molecule has 1 saturated carbocycles. The Hall–Kier alpha value is -0.650. The van der Waals surface area contributed by atoms with Crippen molar-refractivity contribution in [3.05, 3.63) is 0 Å². The second-order valence-corrected chi connectivity index (χ2v) is 6.97. The average Bonchev–Trinajstić information content (AvgIpc) is 3.17. The first-order valence-corrected chi connectivity index (χ1v) is 8.04. The molecule has 1 fully saturated rings. The predicted molar refractivity (Wildman–Crippen MR) is 84.5 cm³/mol. The monoisotopic (exact) mass is 300 g/mol. The number of carboxylic acid groups (broad SMARTS) is 1. The lowest BCUT2D eigenvalue weighted by Crippen LogP contribution is -2.63. The van der Waals surface area contributed by atoms with Crippen LogP contribution >= 0.6 is 0 Å². The van der Waals surface area contributed by atoms with Crippen molar-refractivity contribution in [1.82, 2.24) is 10.2 Å². The van der Waals surface area contributed by atoms with E-state index in [1.54, 1.807) is 7.11 Å². The van der Waals surface area contributed by atoms with Gasteiger partial charge in [0, 0.05) is 32.8 Å². The maximum Gasteiger partial charge on any atom is 0.325 e. The number of methoxy groups -OCH3 is 1. The Morgan fingerprint density at radius 3 is 2.38 bits per heavy atom. The second-order valence-electron chi connectivity index (χ2n) is 6.97. The first-order valence-electron chi connectivity index (χ1n) is 8.04. The van der Waals surface area contributed by atoms with Gasteiger partial charge in [0.25, 0.3) is 0 Å². The van der Waals surface area contributed by atoms with Crippen LogP contribution in [0, 0.1) is 11.8 Å². The molecule has 0 amide bonds. The molecule has 1 atom stereocenters. The number of rotatable bonds is 11. The Bertz CT molecular complexity index is 329. The van der Waals surface area contributed by atoms with Crippen LogP contribution in [0.1, 0.15) is 40.5 Å². The summed E-state index contributed by atoms with van der Waals surface area (Å²) < 4.78 is 5.18. The molecular formula is C16H32N2O3. The number of aliphatic carboxylic acids is 1. The molecule has 124 valence electrons. The molecule has 1 aliphatic rings. The first kappa shape index (κ1) is 18.4. The van der Waals surface area contributed by atoms with E-state index >= 15 is 0 Å². The van der Waals surface area contributed by atoms with Crippen molar-refractivity contribution in [2.75, 3.05) is 33.4 Å². The Balaban J connectivity index is 2.86. The summed E-state index contributed by atoms with van der Waals surface area (Å²) >= 11 is 0. The lowest BCUT2D eigenvalue weighted by atomic mass is 9.91. The topological polar surface area (TPSA) is 61.8 Å². The van der Waals surface area contributed by atoms with Crippen LogP contribution in [0.4, 0.5) is 0 Å². The van der Waals surface area contributed by atoms with Gasteiger partial charge in [-0.15, -0.1) is 0 Å². The quantitative estimate of drug-likeness (QED) is 0.609. The Morgan fingerprint density at radius 1 is 1.38 bits per heavy atom. The molecule has 1 unspecified atom stereocenters. The zero-order valence-electron chi connectivity index (χ0n) is 14.2. The molecule has 0 radical (unpaired) electrons. The fourth-order valence-electron chi connectivity index (χ4n) is 3.01. The largest absolute Gasteiger partial charge is 0.480 e. The SMILES string of the molecule is COCCN(CC(C)C)CC(NC(C)C)(C(=O)O)C1CC1. The van der Waals surface area contributed by atoms with Gasteiger partial charge in [-0.3, -0.25) is 15.0 Å². The van der Waals surface area contributed by atoms with Crippen LogP contribution in [0.5, 0.6) is 0 Å². The molecule has 0 spiro atoms. The minimum absolute atomic E-state index is 0.157. The smallest absolute Gasteiger partial charge is 0.325 e. The van der Waals surface area contributed by atoms with Crippen molar-refractivity contribution >= 4 is 5.97 Å². The van der Waals surface area contributed by atoms with Crippen molar-refractivity contribution < 1.29 is 14.6 Å². The highest BCUT2D eigenvalue weighted by Crippen LogP contribution is 2.41. The number of nitrogens with zero attached hydrogens (tertiary/aromatic N) is 1. The molecule has 5 nitrogen and oxygen atoms in total. The van der Waals surface area contributed by atoms with Crippen molar-refractivity contribution in [2.45, 2.75) is 52.1 Å². The normalized spacial score (nSPS) is 18.5. The van der Waals surface area contributed by atoms with Crippen LogP contribution in [-0.4, -0.2) is 60.9 Å². The van der Waals surface area contributed by atoms with Crippen molar-refractivity contribution in [1.29, 1.82) is 0 Å².